The average Bonchev–Trinajstić information content (AvgIpc) is 2.34. The molecule has 0 spiro atoms. The number of nitrogens with one attached hydrogen (secondary N) is 1. The number of aliphatic hydroxyl groups is 1. The molecule has 1 heterocycles. The van der Waals surface area contributed by atoms with Crippen molar-refractivity contribution in [2.75, 3.05) is 14.2 Å². The molecule has 1 aromatic heterocycles. The zero-order chi connectivity index (χ0) is 12.8. The Morgan fingerprint density at radius 3 is 2.71 bits per heavy atom. The van der Waals surface area contributed by atoms with Crippen molar-refractivity contribution in [2.45, 2.75) is 6.54 Å². The molecule has 3 nitrogen and oxygen atoms in total. The summed E-state index contributed by atoms with van der Waals surface area (Å²) in [5.41, 5.74) is 2.16. The molecule has 1 unspecified atom stereocenters. The van der Waals surface area contributed by atoms with Crippen LogP contribution in [0.1, 0.15) is 5.56 Å². The highest BCUT2D eigenvalue weighted by Crippen LogP contribution is 2.17. The minimum absolute atomic E-state index is 0.550. The molecule has 0 saturated carbocycles. The van der Waals surface area contributed by atoms with E-state index in [1.54, 1.807) is 0 Å². The third-order valence-corrected chi connectivity index (χ3v) is 3.17. The zero-order valence-corrected chi connectivity index (χ0v) is 11.8. The summed E-state index contributed by atoms with van der Waals surface area (Å²) in [4.78, 5) is 4.33. The summed E-state index contributed by atoms with van der Waals surface area (Å²) in [6, 6.07) is 8.25. The van der Waals surface area contributed by atoms with Crippen LogP contribution in [-0.2, 0) is 6.54 Å². The molecule has 92 valence electrons. The monoisotopic (exact) mass is 270 g/mol. The van der Waals surface area contributed by atoms with Gasteiger partial charge in [-0.1, -0.05) is 23.7 Å². The third-order valence-electron chi connectivity index (χ3n) is 2.24. The molecule has 2 aromatic rings. The van der Waals surface area contributed by atoms with Crippen molar-refractivity contribution < 1.29 is 5.11 Å². The molecule has 0 amide bonds. The maximum absolute atomic E-state index is 7.00. The summed E-state index contributed by atoms with van der Waals surface area (Å²) in [6.45, 7) is 0.845. The van der Waals surface area contributed by atoms with Gasteiger partial charge in [-0.3, -0.25) is 0 Å². The number of nitrogens with zero attached hydrogens (tertiary/aromatic N) is 1. The van der Waals surface area contributed by atoms with E-state index in [1.165, 1.54) is 5.56 Å². The van der Waals surface area contributed by atoms with E-state index in [9.17, 15) is 0 Å². The van der Waals surface area contributed by atoms with E-state index in [0.29, 0.717) is 5.15 Å². The summed E-state index contributed by atoms with van der Waals surface area (Å²) < 4.78 is 0. The number of hydrogen-bond donors (Lipinski definition) is 2. The smallest absolute Gasteiger partial charge is 0.136 e. The second-order valence-electron chi connectivity index (χ2n) is 3.43. The molecule has 0 saturated heterocycles. The highest BCUT2D eigenvalue weighted by Gasteiger charge is 2.01. The third kappa shape index (κ3) is 3.62. The van der Waals surface area contributed by atoms with Crippen LogP contribution < -0.4 is 10.6 Å². The Labute approximate surface area is 108 Å². The second kappa shape index (κ2) is 6.87. The first-order valence-corrected chi connectivity index (χ1v) is 6.10. The molecule has 0 radical (unpaired) electrons. The van der Waals surface area contributed by atoms with Crippen molar-refractivity contribution in [1.29, 1.82) is 0 Å². The summed E-state index contributed by atoms with van der Waals surface area (Å²) in [7, 11) is 5.51. The number of hydrogen-bond acceptors (Lipinski definition) is 3. The molecule has 17 heavy (non-hydrogen) atoms. The van der Waals surface area contributed by atoms with Crippen LogP contribution in [0.2, 0.25) is 5.15 Å². The van der Waals surface area contributed by atoms with E-state index in [-0.39, 0.29) is 0 Å². The molecule has 2 rings (SSSR count). The number of halogens is 1. The van der Waals surface area contributed by atoms with Crippen molar-refractivity contribution in [3.05, 3.63) is 35.0 Å². The van der Waals surface area contributed by atoms with Crippen LogP contribution >= 0.6 is 20.8 Å². The van der Waals surface area contributed by atoms with Gasteiger partial charge in [0.2, 0.25) is 0 Å². The van der Waals surface area contributed by atoms with Crippen LogP contribution in [0.3, 0.4) is 0 Å². The SMILES string of the molecule is CNCc1ccc2cc(P)c(Cl)nc2c1.CO. The first-order valence-electron chi connectivity index (χ1n) is 5.14. The Morgan fingerprint density at radius 1 is 1.35 bits per heavy atom. The van der Waals surface area contributed by atoms with E-state index in [1.807, 2.05) is 13.1 Å². The van der Waals surface area contributed by atoms with E-state index >= 15 is 0 Å². The standard InChI is InChI=1S/C11H12ClN2P.CH4O/c1-13-6-7-2-3-8-5-10(15)11(12)14-9(8)4-7;1-2/h2-5,13H,6,15H2,1H3;2H,1H3. The average molecular weight is 271 g/mol. The van der Waals surface area contributed by atoms with Gasteiger partial charge in [0.05, 0.1) is 5.52 Å². The molecule has 0 fully saturated rings. The number of benzene rings is 1. The molecule has 1 aromatic carbocycles. The predicted octanol–water partition coefficient (Wildman–Crippen LogP) is 1.72. The lowest BCUT2D eigenvalue weighted by molar-refractivity contribution is 0.399. The van der Waals surface area contributed by atoms with Crippen LogP contribution in [0.25, 0.3) is 10.9 Å². The Morgan fingerprint density at radius 2 is 2.06 bits per heavy atom. The minimum atomic E-state index is 0.550. The van der Waals surface area contributed by atoms with Gasteiger partial charge in [0, 0.05) is 24.3 Å². The van der Waals surface area contributed by atoms with Gasteiger partial charge in [0.15, 0.2) is 0 Å². The Hall–Kier alpha value is -0.730. The lowest BCUT2D eigenvalue weighted by atomic mass is 10.1. The molecule has 1 atom stereocenters. The molecule has 2 N–H and O–H groups in total. The van der Waals surface area contributed by atoms with Crippen LogP contribution in [0.15, 0.2) is 24.3 Å². The maximum atomic E-state index is 7.00. The fraction of sp³-hybridized carbons (Fsp3) is 0.250. The van der Waals surface area contributed by atoms with Gasteiger partial charge in [0.1, 0.15) is 5.15 Å². The van der Waals surface area contributed by atoms with E-state index in [2.05, 4.69) is 37.7 Å². The van der Waals surface area contributed by atoms with Crippen LogP contribution in [0.4, 0.5) is 0 Å². The van der Waals surface area contributed by atoms with Crippen molar-refractivity contribution in [3.63, 3.8) is 0 Å². The van der Waals surface area contributed by atoms with E-state index < -0.39 is 0 Å². The van der Waals surface area contributed by atoms with Crippen molar-refractivity contribution in [1.82, 2.24) is 10.3 Å². The van der Waals surface area contributed by atoms with Gasteiger partial charge >= 0.3 is 0 Å². The first kappa shape index (κ1) is 14.3. The first-order chi connectivity index (χ1) is 8.20. The van der Waals surface area contributed by atoms with Gasteiger partial charge in [0.25, 0.3) is 0 Å². The molecule has 5 heteroatoms. The molecular weight excluding hydrogens is 255 g/mol. The predicted molar refractivity (Wildman–Crippen MR) is 77.0 cm³/mol. The van der Waals surface area contributed by atoms with Gasteiger partial charge < -0.3 is 10.4 Å². The van der Waals surface area contributed by atoms with Gasteiger partial charge in [-0.25, -0.2) is 4.98 Å². The maximum Gasteiger partial charge on any atom is 0.136 e. The molecule has 0 aliphatic carbocycles. The van der Waals surface area contributed by atoms with Gasteiger partial charge in [-0.05, 0) is 24.7 Å². The number of aliphatic hydroxyl groups excluding tert-OH is 1. The lowest BCUT2D eigenvalue weighted by Gasteiger charge is -2.04. The van der Waals surface area contributed by atoms with Crippen LogP contribution in [0, 0.1) is 0 Å². The van der Waals surface area contributed by atoms with Crippen molar-refractivity contribution in [3.8, 4) is 0 Å². The summed E-state index contributed by atoms with van der Waals surface area (Å²) in [5.74, 6) is 0. The molecule has 0 aliphatic rings. The van der Waals surface area contributed by atoms with Crippen molar-refractivity contribution >= 4 is 37.0 Å². The normalized spacial score (nSPS) is 9.94. The highest BCUT2D eigenvalue weighted by atomic mass is 35.5. The number of aromatic nitrogens is 1. The van der Waals surface area contributed by atoms with Crippen molar-refractivity contribution in [2.24, 2.45) is 0 Å². The Kier molecular flexibility index (Phi) is 5.79. The summed E-state index contributed by atoms with van der Waals surface area (Å²) in [6.07, 6.45) is 0. The van der Waals surface area contributed by atoms with E-state index in [0.717, 1.165) is 29.9 Å². The lowest BCUT2D eigenvalue weighted by Crippen LogP contribution is -2.05. The number of fused-ring (bicyclic) bond motifs is 1. The fourth-order valence-corrected chi connectivity index (χ4v) is 1.91. The fourth-order valence-electron chi connectivity index (χ4n) is 1.52. The Balaban J connectivity index is 0.000000686. The van der Waals surface area contributed by atoms with Gasteiger partial charge in [-0.2, -0.15) is 0 Å². The largest absolute Gasteiger partial charge is 0.400 e. The summed E-state index contributed by atoms with van der Waals surface area (Å²) in [5, 5.41) is 12.7. The second-order valence-corrected chi connectivity index (χ2v) is 4.41. The van der Waals surface area contributed by atoms with Crippen LogP contribution in [-0.4, -0.2) is 24.2 Å². The highest BCUT2D eigenvalue weighted by molar-refractivity contribution is 7.28. The Bertz CT molecular complexity index is 505. The number of pyridine rings is 1. The van der Waals surface area contributed by atoms with Gasteiger partial charge in [-0.15, -0.1) is 9.24 Å². The quantitative estimate of drug-likeness (QED) is 0.645. The zero-order valence-electron chi connectivity index (χ0n) is 9.87. The number of rotatable bonds is 2. The molecule has 0 bridgehead atoms. The molecule has 0 aliphatic heterocycles. The summed E-state index contributed by atoms with van der Waals surface area (Å²) >= 11 is 5.97. The minimum Gasteiger partial charge on any atom is -0.400 e. The molecular formula is C12H16ClN2OP. The van der Waals surface area contributed by atoms with Crippen LogP contribution in [0.5, 0.6) is 0 Å². The topological polar surface area (TPSA) is 45.2 Å². The van der Waals surface area contributed by atoms with E-state index in [4.69, 9.17) is 16.7 Å².